The van der Waals surface area contributed by atoms with E-state index in [4.69, 9.17) is 9.52 Å². The molecule has 3 nitrogen and oxygen atoms in total. The van der Waals surface area contributed by atoms with Crippen LogP contribution < -0.4 is 0 Å². The van der Waals surface area contributed by atoms with Gasteiger partial charge in [-0.3, -0.25) is 0 Å². The third-order valence-electron chi connectivity index (χ3n) is 1.46. The molecule has 4 heteroatoms. The number of hydrogen-bond acceptors (Lipinski definition) is 4. The van der Waals surface area contributed by atoms with Gasteiger partial charge in [-0.2, -0.15) is 0 Å². The number of rotatable bonds is 2. The van der Waals surface area contributed by atoms with E-state index in [0.29, 0.717) is 5.01 Å². The first kappa shape index (κ1) is 7.52. The van der Waals surface area contributed by atoms with Gasteiger partial charge in [0.15, 0.2) is 5.76 Å². The maximum absolute atomic E-state index is 8.77. The summed E-state index contributed by atoms with van der Waals surface area (Å²) >= 11 is 1.43. The number of hydrogen-bond donors (Lipinski definition) is 1. The van der Waals surface area contributed by atoms with Crippen LogP contribution in [0.1, 0.15) is 5.01 Å². The molecule has 0 saturated carbocycles. The van der Waals surface area contributed by atoms with Crippen LogP contribution in [0.25, 0.3) is 11.5 Å². The predicted octanol–water partition coefficient (Wildman–Crippen LogP) is 1.90. The van der Waals surface area contributed by atoms with Crippen molar-refractivity contribution in [1.29, 1.82) is 0 Å². The molecule has 1 N–H and O–H groups in total. The molecule has 0 aliphatic carbocycles. The van der Waals surface area contributed by atoms with E-state index in [9.17, 15) is 0 Å². The van der Waals surface area contributed by atoms with E-state index in [1.165, 1.54) is 11.3 Å². The highest BCUT2D eigenvalue weighted by Crippen LogP contribution is 2.21. The van der Waals surface area contributed by atoms with E-state index < -0.39 is 0 Å². The summed E-state index contributed by atoms with van der Waals surface area (Å²) in [5.41, 5.74) is 0.786. The Morgan fingerprint density at radius 1 is 1.58 bits per heavy atom. The number of furan rings is 1. The Labute approximate surface area is 73.3 Å². The van der Waals surface area contributed by atoms with Crippen molar-refractivity contribution in [1.82, 2.24) is 4.98 Å². The fourth-order valence-corrected chi connectivity index (χ4v) is 1.56. The lowest BCUT2D eigenvalue weighted by Gasteiger charge is -1.86. The molecular formula is C8H7NO2S. The van der Waals surface area contributed by atoms with Gasteiger partial charge in [0.1, 0.15) is 10.7 Å². The number of aliphatic hydroxyl groups excluding tert-OH is 1. The lowest BCUT2D eigenvalue weighted by Crippen LogP contribution is -1.79. The van der Waals surface area contributed by atoms with E-state index >= 15 is 0 Å². The Kier molecular flexibility index (Phi) is 1.93. The van der Waals surface area contributed by atoms with Gasteiger partial charge in [-0.1, -0.05) is 0 Å². The molecule has 0 saturated heterocycles. The Morgan fingerprint density at radius 3 is 3.08 bits per heavy atom. The van der Waals surface area contributed by atoms with Gasteiger partial charge in [0, 0.05) is 5.38 Å². The summed E-state index contributed by atoms with van der Waals surface area (Å²) in [7, 11) is 0. The normalized spacial score (nSPS) is 10.4. The number of nitrogens with zero attached hydrogens (tertiary/aromatic N) is 1. The predicted molar refractivity (Wildman–Crippen MR) is 45.7 cm³/mol. The summed E-state index contributed by atoms with van der Waals surface area (Å²) < 4.78 is 5.14. The van der Waals surface area contributed by atoms with E-state index in [1.54, 1.807) is 6.26 Å². The van der Waals surface area contributed by atoms with Crippen LogP contribution in [-0.4, -0.2) is 10.1 Å². The van der Waals surface area contributed by atoms with Crippen molar-refractivity contribution in [3.05, 3.63) is 28.8 Å². The molecule has 2 heterocycles. The van der Waals surface area contributed by atoms with Crippen molar-refractivity contribution in [3.63, 3.8) is 0 Å². The number of aliphatic hydroxyl groups is 1. The van der Waals surface area contributed by atoms with Crippen LogP contribution in [0.5, 0.6) is 0 Å². The molecule has 2 aromatic rings. The Balaban J connectivity index is 2.35. The zero-order valence-corrected chi connectivity index (χ0v) is 7.04. The molecule has 0 aliphatic heterocycles. The zero-order valence-electron chi connectivity index (χ0n) is 6.23. The maximum Gasteiger partial charge on any atom is 0.153 e. The smallest absolute Gasteiger partial charge is 0.153 e. The maximum atomic E-state index is 8.77. The first-order chi connectivity index (χ1) is 5.90. The highest BCUT2D eigenvalue weighted by Gasteiger charge is 2.04. The molecule has 0 amide bonds. The fourth-order valence-electron chi connectivity index (χ4n) is 0.921. The van der Waals surface area contributed by atoms with Crippen LogP contribution in [0.2, 0.25) is 0 Å². The summed E-state index contributed by atoms with van der Waals surface area (Å²) in [5.74, 6) is 0.742. The second kappa shape index (κ2) is 3.08. The van der Waals surface area contributed by atoms with Crippen molar-refractivity contribution >= 4 is 11.3 Å². The average Bonchev–Trinajstić information content (AvgIpc) is 2.75. The monoisotopic (exact) mass is 181 g/mol. The molecule has 12 heavy (non-hydrogen) atoms. The Morgan fingerprint density at radius 2 is 2.50 bits per heavy atom. The van der Waals surface area contributed by atoms with Crippen LogP contribution in [0.3, 0.4) is 0 Å². The average molecular weight is 181 g/mol. The Bertz CT molecular complexity index is 353. The first-order valence-electron chi connectivity index (χ1n) is 3.49. The van der Waals surface area contributed by atoms with Crippen molar-refractivity contribution in [2.24, 2.45) is 0 Å². The molecule has 2 rings (SSSR count). The summed E-state index contributed by atoms with van der Waals surface area (Å²) in [6.45, 7) is -0.00856. The van der Waals surface area contributed by atoms with Crippen molar-refractivity contribution < 1.29 is 9.52 Å². The van der Waals surface area contributed by atoms with Crippen LogP contribution >= 0.6 is 11.3 Å². The van der Waals surface area contributed by atoms with E-state index in [2.05, 4.69) is 4.98 Å². The van der Waals surface area contributed by atoms with Crippen LogP contribution in [-0.2, 0) is 6.61 Å². The number of aromatic nitrogens is 1. The quantitative estimate of drug-likeness (QED) is 0.769. The van der Waals surface area contributed by atoms with Gasteiger partial charge in [-0.15, -0.1) is 11.3 Å². The molecule has 0 fully saturated rings. The van der Waals surface area contributed by atoms with Crippen LogP contribution in [0.15, 0.2) is 28.2 Å². The molecule has 0 aliphatic rings. The molecule has 2 aromatic heterocycles. The molecule has 0 spiro atoms. The minimum Gasteiger partial charge on any atom is -0.463 e. The highest BCUT2D eigenvalue weighted by atomic mass is 32.1. The van der Waals surface area contributed by atoms with E-state index in [-0.39, 0.29) is 6.61 Å². The van der Waals surface area contributed by atoms with Gasteiger partial charge in [-0.25, -0.2) is 4.98 Å². The Hall–Kier alpha value is -1.13. The second-order valence-electron chi connectivity index (χ2n) is 2.26. The SMILES string of the molecule is OCc1nc(-c2ccco2)cs1. The lowest BCUT2D eigenvalue weighted by atomic mass is 10.4. The molecule has 0 bridgehead atoms. The lowest BCUT2D eigenvalue weighted by molar-refractivity contribution is 0.281. The minimum atomic E-state index is -0.00856. The molecule has 0 unspecified atom stereocenters. The summed E-state index contributed by atoms with van der Waals surface area (Å²) in [6, 6.07) is 3.66. The van der Waals surface area contributed by atoms with Crippen molar-refractivity contribution in [2.45, 2.75) is 6.61 Å². The second-order valence-corrected chi connectivity index (χ2v) is 3.20. The standard InChI is InChI=1S/C8H7NO2S/c10-4-8-9-6(5-12-8)7-2-1-3-11-7/h1-3,5,10H,4H2. The van der Waals surface area contributed by atoms with Crippen LogP contribution in [0.4, 0.5) is 0 Å². The molecule has 0 radical (unpaired) electrons. The third kappa shape index (κ3) is 1.26. The van der Waals surface area contributed by atoms with Crippen molar-refractivity contribution in [3.8, 4) is 11.5 Å². The largest absolute Gasteiger partial charge is 0.463 e. The van der Waals surface area contributed by atoms with Gasteiger partial charge in [-0.05, 0) is 12.1 Å². The van der Waals surface area contributed by atoms with E-state index in [1.807, 2.05) is 17.5 Å². The van der Waals surface area contributed by atoms with Gasteiger partial charge < -0.3 is 9.52 Å². The summed E-state index contributed by atoms with van der Waals surface area (Å²) in [4.78, 5) is 4.15. The summed E-state index contributed by atoms with van der Waals surface area (Å²) in [6.07, 6.45) is 1.60. The minimum absolute atomic E-state index is 0.00856. The van der Waals surface area contributed by atoms with Gasteiger partial charge in [0.2, 0.25) is 0 Å². The molecule has 0 atom stereocenters. The van der Waals surface area contributed by atoms with Gasteiger partial charge >= 0.3 is 0 Å². The molecule has 62 valence electrons. The molecule has 0 aromatic carbocycles. The zero-order chi connectivity index (χ0) is 8.39. The number of thiazole rings is 1. The van der Waals surface area contributed by atoms with Crippen molar-refractivity contribution in [2.75, 3.05) is 0 Å². The topological polar surface area (TPSA) is 46.3 Å². The third-order valence-corrected chi connectivity index (χ3v) is 2.29. The van der Waals surface area contributed by atoms with Crippen LogP contribution in [0, 0.1) is 0 Å². The highest BCUT2D eigenvalue weighted by molar-refractivity contribution is 7.09. The molecular weight excluding hydrogens is 174 g/mol. The van der Waals surface area contributed by atoms with Gasteiger partial charge in [0.05, 0.1) is 12.9 Å². The van der Waals surface area contributed by atoms with E-state index in [0.717, 1.165) is 11.5 Å². The fraction of sp³-hybridized carbons (Fsp3) is 0.125. The van der Waals surface area contributed by atoms with Gasteiger partial charge in [0.25, 0.3) is 0 Å². The first-order valence-corrected chi connectivity index (χ1v) is 4.37. The summed E-state index contributed by atoms with van der Waals surface area (Å²) in [5, 5.41) is 11.3.